The zero-order valence-electron chi connectivity index (χ0n) is 13.5. The van der Waals surface area contributed by atoms with Crippen molar-refractivity contribution in [2.24, 2.45) is 5.10 Å². The second-order valence-corrected chi connectivity index (χ2v) is 5.58. The fraction of sp³-hybridized carbons (Fsp3) is 0.176. The molecule has 0 bridgehead atoms. The molecule has 0 spiro atoms. The number of hydrazone groups is 1. The number of ether oxygens (including phenoxy) is 3. The Morgan fingerprint density at radius 2 is 1.75 bits per heavy atom. The molecule has 0 radical (unpaired) electrons. The van der Waals surface area contributed by atoms with Gasteiger partial charge in [-0.25, -0.2) is 5.43 Å². The minimum absolute atomic E-state index is 0.306. The predicted molar refractivity (Wildman–Crippen MR) is 95.3 cm³/mol. The maximum atomic E-state index is 12.0. The van der Waals surface area contributed by atoms with E-state index in [1.165, 1.54) is 27.5 Å². The van der Waals surface area contributed by atoms with E-state index in [2.05, 4.69) is 26.5 Å². The standard InChI is InChI=1S/C17H17BrN2O4/c1-22-14-7-11(8-15(23-2)16(14)24-3)10-19-20-17(21)12-5-4-6-13(18)9-12/h4-10H,1-3H3,(H,20,21). The van der Waals surface area contributed by atoms with E-state index >= 15 is 0 Å². The maximum Gasteiger partial charge on any atom is 0.271 e. The van der Waals surface area contributed by atoms with Crippen LogP contribution in [0.15, 0.2) is 46.0 Å². The molecule has 0 fully saturated rings. The zero-order chi connectivity index (χ0) is 17.5. The van der Waals surface area contributed by atoms with E-state index in [0.717, 1.165) is 4.47 Å². The van der Waals surface area contributed by atoms with E-state index in [1.807, 2.05) is 6.07 Å². The summed E-state index contributed by atoms with van der Waals surface area (Å²) < 4.78 is 16.6. The van der Waals surface area contributed by atoms with E-state index in [9.17, 15) is 4.79 Å². The molecule has 0 atom stereocenters. The Bertz CT molecular complexity index is 737. The van der Waals surface area contributed by atoms with Crippen LogP contribution in [0.5, 0.6) is 17.2 Å². The number of carbonyl (C=O) groups is 1. The molecule has 6 nitrogen and oxygen atoms in total. The summed E-state index contributed by atoms with van der Waals surface area (Å²) in [7, 11) is 4.60. The highest BCUT2D eigenvalue weighted by Gasteiger charge is 2.12. The van der Waals surface area contributed by atoms with Crippen molar-refractivity contribution in [2.45, 2.75) is 0 Å². The highest BCUT2D eigenvalue weighted by atomic mass is 79.9. The normalized spacial score (nSPS) is 10.5. The van der Waals surface area contributed by atoms with Gasteiger partial charge >= 0.3 is 0 Å². The lowest BCUT2D eigenvalue weighted by Gasteiger charge is -2.12. The number of halogens is 1. The monoisotopic (exact) mass is 392 g/mol. The summed E-state index contributed by atoms with van der Waals surface area (Å²) in [5, 5.41) is 3.96. The molecule has 7 heteroatoms. The molecule has 0 aliphatic carbocycles. The second kappa shape index (κ2) is 8.35. The molecule has 2 aromatic carbocycles. The first kappa shape index (κ1) is 17.8. The van der Waals surface area contributed by atoms with Gasteiger partial charge in [-0.2, -0.15) is 5.10 Å². The predicted octanol–water partition coefficient (Wildman–Crippen LogP) is 3.24. The van der Waals surface area contributed by atoms with E-state index in [-0.39, 0.29) is 5.91 Å². The first-order valence-corrected chi connectivity index (χ1v) is 7.77. The lowest BCUT2D eigenvalue weighted by molar-refractivity contribution is 0.0955. The van der Waals surface area contributed by atoms with E-state index in [0.29, 0.717) is 28.4 Å². The minimum Gasteiger partial charge on any atom is -0.493 e. The van der Waals surface area contributed by atoms with Crippen molar-refractivity contribution in [3.63, 3.8) is 0 Å². The van der Waals surface area contributed by atoms with Crippen LogP contribution in [0.2, 0.25) is 0 Å². The van der Waals surface area contributed by atoms with Crippen LogP contribution in [0.3, 0.4) is 0 Å². The van der Waals surface area contributed by atoms with Gasteiger partial charge in [0.1, 0.15) is 0 Å². The molecule has 0 aliphatic heterocycles. The fourth-order valence-corrected chi connectivity index (χ4v) is 2.43. The molecule has 0 aliphatic rings. The number of amides is 1. The van der Waals surface area contributed by atoms with Crippen molar-refractivity contribution in [1.29, 1.82) is 0 Å². The molecule has 24 heavy (non-hydrogen) atoms. The minimum atomic E-state index is -0.306. The molecule has 2 rings (SSSR count). The third kappa shape index (κ3) is 4.26. The van der Waals surface area contributed by atoms with Gasteiger partial charge in [0.15, 0.2) is 11.5 Å². The molecule has 0 saturated heterocycles. The van der Waals surface area contributed by atoms with Crippen molar-refractivity contribution in [3.8, 4) is 17.2 Å². The largest absolute Gasteiger partial charge is 0.493 e. The van der Waals surface area contributed by atoms with Crippen LogP contribution in [0.4, 0.5) is 0 Å². The Hall–Kier alpha value is -2.54. The van der Waals surface area contributed by atoms with Gasteiger partial charge in [0, 0.05) is 15.6 Å². The molecule has 126 valence electrons. The second-order valence-electron chi connectivity index (χ2n) is 4.67. The number of hydrogen-bond donors (Lipinski definition) is 1. The molecule has 1 N–H and O–H groups in total. The molecule has 0 aromatic heterocycles. The van der Waals surface area contributed by atoms with Gasteiger partial charge in [-0.15, -0.1) is 0 Å². The average Bonchev–Trinajstić information content (AvgIpc) is 2.60. The van der Waals surface area contributed by atoms with Crippen molar-refractivity contribution in [3.05, 3.63) is 52.0 Å². The Morgan fingerprint density at radius 3 is 2.29 bits per heavy atom. The third-order valence-corrected chi connectivity index (χ3v) is 3.65. The smallest absolute Gasteiger partial charge is 0.271 e. The Kier molecular flexibility index (Phi) is 6.20. The first-order valence-electron chi connectivity index (χ1n) is 6.98. The maximum absolute atomic E-state index is 12.0. The van der Waals surface area contributed by atoms with Gasteiger partial charge in [-0.05, 0) is 30.3 Å². The average molecular weight is 393 g/mol. The highest BCUT2D eigenvalue weighted by molar-refractivity contribution is 9.10. The van der Waals surface area contributed by atoms with E-state index in [4.69, 9.17) is 14.2 Å². The molecular formula is C17H17BrN2O4. The Balaban J connectivity index is 2.15. The van der Waals surface area contributed by atoms with E-state index < -0.39 is 0 Å². The number of benzene rings is 2. The van der Waals surface area contributed by atoms with E-state index in [1.54, 1.807) is 30.3 Å². The summed E-state index contributed by atoms with van der Waals surface area (Å²) in [5.74, 6) is 1.21. The van der Waals surface area contributed by atoms with Crippen LogP contribution >= 0.6 is 15.9 Å². The van der Waals surface area contributed by atoms with Gasteiger partial charge in [-0.1, -0.05) is 22.0 Å². The van der Waals surface area contributed by atoms with Gasteiger partial charge < -0.3 is 14.2 Å². The van der Waals surface area contributed by atoms with Crippen LogP contribution in [0.25, 0.3) is 0 Å². The number of nitrogens with zero attached hydrogens (tertiary/aromatic N) is 1. The number of nitrogens with one attached hydrogen (secondary N) is 1. The first-order chi connectivity index (χ1) is 11.6. The number of rotatable bonds is 6. The quantitative estimate of drug-likeness (QED) is 0.605. The highest BCUT2D eigenvalue weighted by Crippen LogP contribution is 2.37. The summed E-state index contributed by atoms with van der Waals surface area (Å²) >= 11 is 3.32. The molecule has 2 aromatic rings. The van der Waals surface area contributed by atoms with Crippen LogP contribution in [0, 0.1) is 0 Å². The number of carbonyl (C=O) groups excluding carboxylic acids is 1. The van der Waals surface area contributed by atoms with Crippen LogP contribution in [-0.4, -0.2) is 33.5 Å². The van der Waals surface area contributed by atoms with Crippen molar-refractivity contribution in [2.75, 3.05) is 21.3 Å². The van der Waals surface area contributed by atoms with Gasteiger partial charge in [0.05, 0.1) is 27.5 Å². The third-order valence-electron chi connectivity index (χ3n) is 3.15. The van der Waals surface area contributed by atoms with Crippen LogP contribution < -0.4 is 19.6 Å². The van der Waals surface area contributed by atoms with Crippen LogP contribution in [-0.2, 0) is 0 Å². The van der Waals surface area contributed by atoms with Crippen molar-refractivity contribution < 1.29 is 19.0 Å². The molecule has 0 saturated carbocycles. The van der Waals surface area contributed by atoms with Gasteiger partial charge in [0.25, 0.3) is 5.91 Å². The summed E-state index contributed by atoms with van der Waals surface area (Å²) in [6, 6.07) is 10.5. The summed E-state index contributed by atoms with van der Waals surface area (Å²) in [4.78, 5) is 12.0. The summed E-state index contributed by atoms with van der Waals surface area (Å²) in [6.07, 6.45) is 1.50. The fourth-order valence-electron chi connectivity index (χ4n) is 2.04. The van der Waals surface area contributed by atoms with Gasteiger partial charge in [0.2, 0.25) is 5.75 Å². The molecule has 0 heterocycles. The van der Waals surface area contributed by atoms with Crippen molar-refractivity contribution in [1.82, 2.24) is 5.43 Å². The molecular weight excluding hydrogens is 376 g/mol. The zero-order valence-corrected chi connectivity index (χ0v) is 15.1. The van der Waals surface area contributed by atoms with Crippen LogP contribution in [0.1, 0.15) is 15.9 Å². The molecule has 1 amide bonds. The lowest BCUT2D eigenvalue weighted by Crippen LogP contribution is -2.17. The van der Waals surface area contributed by atoms with Crippen molar-refractivity contribution >= 4 is 28.1 Å². The topological polar surface area (TPSA) is 69.2 Å². The Labute approximate surface area is 148 Å². The number of methoxy groups -OCH3 is 3. The number of hydrogen-bond acceptors (Lipinski definition) is 5. The lowest BCUT2D eigenvalue weighted by atomic mass is 10.2. The Morgan fingerprint density at radius 1 is 1.08 bits per heavy atom. The summed E-state index contributed by atoms with van der Waals surface area (Å²) in [6.45, 7) is 0. The van der Waals surface area contributed by atoms with Gasteiger partial charge in [-0.3, -0.25) is 4.79 Å². The molecule has 0 unspecified atom stereocenters. The summed E-state index contributed by atoms with van der Waals surface area (Å²) in [5.41, 5.74) is 3.67. The SMILES string of the molecule is COc1cc(C=NNC(=O)c2cccc(Br)c2)cc(OC)c1OC.